The summed E-state index contributed by atoms with van der Waals surface area (Å²) in [5.41, 5.74) is 7.25. The molecule has 0 amide bonds. The fourth-order valence-electron chi connectivity index (χ4n) is 2.37. The van der Waals surface area contributed by atoms with Gasteiger partial charge in [-0.1, -0.05) is 12.8 Å². The SMILES string of the molecule is CCOc1ccc(N[C@H]2CCCC[C@H]2N)cc1. The molecule has 1 aliphatic rings. The molecule has 3 heteroatoms. The van der Waals surface area contributed by atoms with Crippen molar-refractivity contribution in [3.63, 3.8) is 0 Å². The van der Waals surface area contributed by atoms with Crippen molar-refractivity contribution in [2.75, 3.05) is 11.9 Å². The highest BCUT2D eigenvalue weighted by atomic mass is 16.5. The zero-order valence-electron chi connectivity index (χ0n) is 10.5. The molecule has 17 heavy (non-hydrogen) atoms. The molecule has 0 unspecified atom stereocenters. The van der Waals surface area contributed by atoms with Crippen molar-refractivity contribution >= 4 is 5.69 Å². The third-order valence-corrected chi connectivity index (χ3v) is 3.34. The van der Waals surface area contributed by atoms with Gasteiger partial charge in [0.25, 0.3) is 0 Å². The number of rotatable bonds is 4. The Kier molecular flexibility index (Phi) is 4.26. The number of ether oxygens (including phenoxy) is 1. The second-order valence-electron chi connectivity index (χ2n) is 4.66. The highest BCUT2D eigenvalue weighted by Gasteiger charge is 2.21. The molecule has 0 spiro atoms. The van der Waals surface area contributed by atoms with Crippen LogP contribution >= 0.6 is 0 Å². The normalized spacial score (nSPS) is 24.4. The summed E-state index contributed by atoms with van der Waals surface area (Å²) in [6, 6.07) is 8.83. The van der Waals surface area contributed by atoms with Crippen LogP contribution in [-0.2, 0) is 0 Å². The Morgan fingerprint density at radius 2 is 1.94 bits per heavy atom. The monoisotopic (exact) mass is 234 g/mol. The van der Waals surface area contributed by atoms with Crippen molar-refractivity contribution in [3.8, 4) is 5.75 Å². The molecule has 0 aliphatic heterocycles. The molecule has 1 aliphatic carbocycles. The molecule has 1 aromatic rings. The zero-order chi connectivity index (χ0) is 12.1. The second-order valence-corrected chi connectivity index (χ2v) is 4.66. The summed E-state index contributed by atoms with van der Waals surface area (Å²) in [5.74, 6) is 0.922. The van der Waals surface area contributed by atoms with Crippen LogP contribution < -0.4 is 15.8 Å². The summed E-state index contributed by atoms with van der Waals surface area (Å²) in [4.78, 5) is 0. The largest absolute Gasteiger partial charge is 0.494 e. The molecule has 0 radical (unpaired) electrons. The molecule has 0 heterocycles. The molecule has 2 rings (SSSR count). The Hall–Kier alpha value is -1.22. The number of anilines is 1. The van der Waals surface area contributed by atoms with E-state index in [1.54, 1.807) is 0 Å². The maximum atomic E-state index is 6.12. The lowest BCUT2D eigenvalue weighted by Gasteiger charge is -2.30. The predicted octanol–water partition coefficient (Wildman–Crippen LogP) is 2.77. The highest BCUT2D eigenvalue weighted by Crippen LogP contribution is 2.22. The van der Waals surface area contributed by atoms with Crippen LogP contribution in [0.1, 0.15) is 32.6 Å². The van der Waals surface area contributed by atoms with Crippen LogP contribution in [-0.4, -0.2) is 18.7 Å². The van der Waals surface area contributed by atoms with Crippen LogP contribution in [0.4, 0.5) is 5.69 Å². The summed E-state index contributed by atoms with van der Waals surface area (Å²) < 4.78 is 5.42. The van der Waals surface area contributed by atoms with E-state index in [9.17, 15) is 0 Å². The van der Waals surface area contributed by atoms with E-state index in [4.69, 9.17) is 10.5 Å². The van der Waals surface area contributed by atoms with Gasteiger partial charge in [-0.2, -0.15) is 0 Å². The average Bonchev–Trinajstić information content (AvgIpc) is 2.35. The minimum atomic E-state index is 0.287. The van der Waals surface area contributed by atoms with Crippen molar-refractivity contribution in [3.05, 3.63) is 24.3 Å². The molecule has 1 aromatic carbocycles. The fourth-order valence-corrected chi connectivity index (χ4v) is 2.37. The van der Waals surface area contributed by atoms with Gasteiger partial charge in [-0.15, -0.1) is 0 Å². The Morgan fingerprint density at radius 1 is 1.24 bits per heavy atom. The Morgan fingerprint density at radius 3 is 2.59 bits per heavy atom. The maximum Gasteiger partial charge on any atom is 0.119 e. The van der Waals surface area contributed by atoms with Crippen LogP contribution in [0.15, 0.2) is 24.3 Å². The third-order valence-electron chi connectivity index (χ3n) is 3.34. The quantitative estimate of drug-likeness (QED) is 0.842. The zero-order valence-corrected chi connectivity index (χ0v) is 10.5. The first kappa shape index (κ1) is 12.2. The third kappa shape index (κ3) is 3.37. The van der Waals surface area contributed by atoms with E-state index < -0.39 is 0 Å². The number of nitrogens with one attached hydrogen (secondary N) is 1. The van der Waals surface area contributed by atoms with E-state index in [-0.39, 0.29) is 6.04 Å². The summed E-state index contributed by atoms with van der Waals surface area (Å²) in [6.07, 6.45) is 4.86. The van der Waals surface area contributed by atoms with E-state index in [0.717, 1.165) is 17.9 Å². The summed E-state index contributed by atoms with van der Waals surface area (Å²) >= 11 is 0. The predicted molar refractivity (Wildman–Crippen MR) is 71.5 cm³/mol. The minimum Gasteiger partial charge on any atom is -0.494 e. The number of hydrogen-bond donors (Lipinski definition) is 2. The molecular formula is C14H22N2O. The molecular weight excluding hydrogens is 212 g/mol. The van der Waals surface area contributed by atoms with Crippen molar-refractivity contribution in [1.29, 1.82) is 0 Å². The van der Waals surface area contributed by atoms with Gasteiger partial charge in [-0.25, -0.2) is 0 Å². The van der Waals surface area contributed by atoms with Gasteiger partial charge in [-0.3, -0.25) is 0 Å². The molecule has 0 saturated heterocycles. The second kappa shape index (κ2) is 5.92. The van der Waals surface area contributed by atoms with Crippen LogP contribution in [0.2, 0.25) is 0 Å². The lowest BCUT2D eigenvalue weighted by Crippen LogP contribution is -2.42. The Labute approximate surface area is 103 Å². The molecule has 1 fully saturated rings. The lowest BCUT2D eigenvalue weighted by atomic mass is 9.91. The molecule has 2 atom stereocenters. The Bertz CT molecular complexity index is 337. The lowest BCUT2D eigenvalue weighted by molar-refractivity contribution is 0.340. The highest BCUT2D eigenvalue weighted by molar-refractivity contribution is 5.47. The molecule has 1 saturated carbocycles. The first-order valence-electron chi connectivity index (χ1n) is 6.54. The van der Waals surface area contributed by atoms with Gasteiger partial charge in [0.2, 0.25) is 0 Å². The first-order chi connectivity index (χ1) is 8.29. The van der Waals surface area contributed by atoms with Gasteiger partial charge in [0.1, 0.15) is 5.75 Å². The standard InChI is InChI=1S/C14H22N2O/c1-2-17-12-9-7-11(8-10-12)16-14-6-4-3-5-13(14)15/h7-10,13-14,16H,2-6,15H2,1H3/t13-,14+/m1/s1. The number of benzene rings is 1. The van der Waals surface area contributed by atoms with E-state index in [1.807, 2.05) is 19.1 Å². The molecule has 94 valence electrons. The summed E-state index contributed by atoms with van der Waals surface area (Å²) in [6.45, 7) is 2.70. The van der Waals surface area contributed by atoms with Gasteiger partial charge in [-0.05, 0) is 44.0 Å². The van der Waals surface area contributed by atoms with Crippen molar-refractivity contribution in [2.45, 2.75) is 44.7 Å². The van der Waals surface area contributed by atoms with Crippen LogP contribution in [0.3, 0.4) is 0 Å². The van der Waals surface area contributed by atoms with E-state index in [1.165, 1.54) is 19.3 Å². The summed E-state index contributed by atoms with van der Waals surface area (Å²) in [5, 5.41) is 3.52. The van der Waals surface area contributed by atoms with Crippen LogP contribution in [0.25, 0.3) is 0 Å². The topological polar surface area (TPSA) is 47.3 Å². The maximum absolute atomic E-state index is 6.12. The van der Waals surface area contributed by atoms with E-state index >= 15 is 0 Å². The smallest absolute Gasteiger partial charge is 0.119 e. The van der Waals surface area contributed by atoms with Crippen LogP contribution in [0, 0.1) is 0 Å². The molecule has 0 aromatic heterocycles. The first-order valence-corrected chi connectivity index (χ1v) is 6.54. The molecule has 3 N–H and O–H groups in total. The van der Waals surface area contributed by atoms with Gasteiger partial charge >= 0.3 is 0 Å². The fraction of sp³-hybridized carbons (Fsp3) is 0.571. The number of hydrogen-bond acceptors (Lipinski definition) is 3. The van der Waals surface area contributed by atoms with Gasteiger partial charge in [0, 0.05) is 17.8 Å². The van der Waals surface area contributed by atoms with E-state index in [0.29, 0.717) is 12.6 Å². The molecule has 0 bridgehead atoms. The van der Waals surface area contributed by atoms with Gasteiger partial charge in [0.05, 0.1) is 6.61 Å². The van der Waals surface area contributed by atoms with Crippen molar-refractivity contribution < 1.29 is 4.74 Å². The minimum absolute atomic E-state index is 0.287. The molecule has 3 nitrogen and oxygen atoms in total. The Balaban J connectivity index is 1.93. The summed E-state index contributed by atoms with van der Waals surface area (Å²) in [7, 11) is 0. The van der Waals surface area contributed by atoms with Crippen molar-refractivity contribution in [2.24, 2.45) is 5.73 Å². The number of nitrogens with two attached hydrogens (primary N) is 1. The van der Waals surface area contributed by atoms with Gasteiger partial charge in [0.15, 0.2) is 0 Å². The van der Waals surface area contributed by atoms with Crippen LogP contribution in [0.5, 0.6) is 5.75 Å². The van der Waals surface area contributed by atoms with E-state index in [2.05, 4.69) is 17.4 Å². The van der Waals surface area contributed by atoms with Gasteiger partial charge < -0.3 is 15.8 Å². The van der Waals surface area contributed by atoms with Crippen molar-refractivity contribution in [1.82, 2.24) is 0 Å². The average molecular weight is 234 g/mol.